The first-order chi connectivity index (χ1) is 9.15. The lowest BCUT2D eigenvalue weighted by atomic mass is 9.84. The van der Waals surface area contributed by atoms with Crippen LogP contribution in [-0.4, -0.2) is 70.9 Å². The first kappa shape index (κ1) is 16.2. The minimum absolute atomic E-state index is 0.0411. The molecule has 118 valence electrons. The SMILES string of the molecule is CC1CN(CC2C(O)C(C)(C)OC2(C)C)CC(CO)O1. The summed E-state index contributed by atoms with van der Waals surface area (Å²) in [6.07, 6.45) is -0.506. The van der Waals surface area contributed by atoms with Crippen LogP contribution in [0.2, 0.25) is 0 Å². The lowest BCUT2D eigenvalue weighted by Gasteiger charge is -2.39. The van der Waals surface area contributed by atoms with Gasteiger partial charge in [-0.05, 0) is 34.6 Å². The third-order valence-electron chi connectivity index (χ3n) is 4.57. The summed E-state index contributed by atoms with van der Waals surface area (Å²) in [5.74, 6) is 0.0575. The van der Waals surface area contributed by atoms with E-state index in [-0.39, 0.29) is 30.3 Å². The second-order valence-electron chi connectivity index (χ2n) is 7.33. The van der Waals surface area contributed by atoms with E-state index in [9.17, 15) is 10.2 Å². The highest BCUT2D eigenvalue weighted by atomic mass is 16.5. The molecule has 2 rings (SSSR count). The first-order valence-corrected chi connectivity index (χ1v) is 7.52. The first-order valence-electron chi connectivity index (χ1n) is 7.52. The van der Waals surface area contributed by atoms with Gasteiger partial charge in [-0.15, -0.1) is 0 Å². The van der Waals surface area contributed by atoms with Gasteiger partial charge in [0.25, 0.3) is 0 Å². The highest BCUT2D eigenvalue weighted by Gasteiger charge is 2.53. The highest BCUT2D eigenvalue weighted by Crippen LogP contribution is 2.42. The third kappa shape index (κ3) is 3.17. The van der Waals surface area contributed by atoms with E-state index in [1.54, 1.807) is 0 Å². The Morgan fingerprint density at radius 3 is 2.30 bits per heavy atom. The molecule has 0 amide bonds. The molecule has 0 radical (unpaired) electrons. The fourth-order valence-electron chi connectivity index (χ4n) is 3.67. The second kappa shape index (κ2) is 5.54. The Bertz CT molecular complexity index is 345. The lowest BCUT2D eigenvalue weighted by Crippen LogP contribution is -2.52. The zero-order valence-corrected chi connectivity index (χ0v) is 13.3. The number of aliphatic hydroxyl groups is 2. The van der Waals surface area contributed by atoms with E-state index in [1.165, 1.54) is 0 Å². The van der Waals surface area contributed by atoms with Crippen LogP contribution in [0.25, 0.3) is 0 Å². The number of morpholine rings is 1. The largest absolute Gasteiger partial charge is 0.394 e. The smallest absolute Gasteiger partial charge is 0.0936 e. The van der Waals surface area contributed by atoms with Gasteiger partial charge < -0.3 is 19.7 Å². The number of rotatable bonds is 3. The highest BCUT2D eigenvalue weighted by molar-refractivity contribution is 5.02. The van der Waals surface area contributed by atoms with Crippen LogP contribution in [0.3, 0.4) is 0 Å². The molecule has 0 aliphatic carbocycles. The minimum Gasteiger partial charge on any atom is -0.394 e. The fourth-order valence-corrected chi connectivity index (χ4v) is 3.67. The summed E-state index contributed by atoms with van der Waals surface area (Å²) in [5.41, 5.74) is -0.860. The van der Waals surface area contributed by atoms with Crippen molar-refractivity contribution >= 4 is 0 Å². The maximum atomic E-state index is 10.5. The fraction of sp³-hybridized carbons (Fsp3) is 1.00. The monoisotopic (exact) mass is 287 g/mol. The van der Waals surface area contributed by atoms with Crippen molar-refractivity contribution < 1.29 is 19.7 Å². The predicted octanol–water partition coefficient (Wildman–Crippen LogP) is 0.632. The maximum absolute atomic E-state index is 10.5. The summed E-state index contributed by atoms with van der Waals surface area (Å²) in [5, 5.41) is 19.8. The van der Waals surface area contributed by atoms with Crippen LogP contribution in [0.4, 0.5) is 0 Å². The van der Waals surface area contributed by atoms with E-state index in [0.29, 0.717) is 6.54 Å². The number of aliphatic hydroxyl groups excluding tert-OH is 2. The summed E-state index contributed by atoms with van der Waals surface area (Å²) in [4.78, 5) is 2.27. The van der Waals surface area contributed by atoms with Gasteiger partial charge in [0.2, 0.25) is 0 Å². The molecule has 20 heavy (non-hydrogen) atoms. The van der Waals surface area contributed by atoms with E-state index in [2.05, 4.69) is 4.90 Å². The average Bonchev–Trinajstić information content (AvgIpc) is 2.47. The summed E-state index contributed by atoms with van der Waals surface area (Å²) in [6.45, 7) is 12.3. The molecule has 2 fully saturated rings. The molecule has 0 aromatic rings. The molecule has 5 heteroatoms. The summed E-state index contributed by atoms with van der Waals surface area (Å²) in [7, 11) is 0. The van der Waals surface area contributed by atoms with Gasteiger partial charge in [-0.25, -0.2) is 0 Å². The summed E-state index contributed by atoms with van der Waals surface area (Å²) >= 11 is 0. The molecule has 2 saturated heterocycles. The van der Waals surface area contributed by atoms with Gasteiger partial charge in [0.15, 0.2) is 0 Å². The molecule has 4 unspecified atom stereocenters. The minimum atomic E-state index is -0.511. The molecule has 0 aromatic heterocycles. The van der Waals surface area contributed by atoms with E-state index in [0.717, 1.165) is 13.1 Å². The van der Waals surface area contributed by atoms with Gasteiger partial charge in [-0.1, -0.05) is 0 Å². The van der Waals surface area contributed by atoms with Crippen molar-refractivity contribution in [2.75, 3.05) is 26.2 Å². The Morgan fingerprint density at radius 2 is 1.80 bits per heavy atom. The molecular weight excluding hydrogens is 258 g/mol. The quantitative estimate of drug-likeness (QED) is 0.797. The van der Waals surface area contributed by atoms with Crippen LogP contribution in [0.5, 0.6) is 0 Å². The van der Waals surface area contributed by atoms with Crippen LogP contribution < -0.4 is 0 Å². The molecule has 2 N–H and O–H groups in total. The molecule has 0 saturated carbocycles. The molecular formula is C15H29NO4. The van der Waals surface area contributed by atoms with Gasteiger partial charge in [0.1, 0.15) is 0 Å². The molecule has 0 spiro atoms. The van der Waals surface area contributed by atoms with Crippen molar-refractivity contribution in [3.63, 3.8) is 0 Å². The Hall–Kier alpha value is -0.200. The third-order valence-corrected chi connectivity index (χ3v) is 4.57. The van der Waals surface area contributed by atoms with Crippen LogP contribution in [0.15, 0.2) is 0 Å². The van der Waals surface area contributed by atoms with E-state index >= 15 is 0 Å². The van der Waals surface area contributed by atoms with E-state index in [4.69, 9.17) is 9.47 Å². The van der Waals surface area contributed by atoms with Crippen LogP contribution in [0, 0.1) is 5.92 Å². The molecule has 0 aromatic carbocycles. The van der Waals surface area contributed by atoms with Crippen molar-refractivity contribution in [2.24, 2.45) is 5.92 Å². The van der Waals surface area contributed by atoms with Crippen molar-refractivity contribution in [3.05, 3.63) is 0 Å². The Kier molecular flexibility index (Phi) is 4.48. The van der Waals surface area contributed by atoms with Gasteiger partial charge in [0.05, 0.1) is 36.1 Å². The van der Waals surface area contributed by atoms with Crippen LogP contribution >= 0.6 is 0 Å². The van der Waals surface area contributed by atoms with Gasteiger partial charge >= 0.3 is 0 Å². The topological polar surface area (TPSA) is 62.2 Å². The van der Waals surface area contributed by atoms with Crippen molar-refractivity contribution in [2.45, 2.75) is 64.1 Å². The molecule has 2 aliphatic heterocycles. The van der Waals surface area contributed by atoms with Crippen molar-refractivity contribution in [1.82, 2.24) is 4.90 Å². The normalized spacial score (nSPS) is 41.0. The summed E-state index contributed by atoms with van der Waals surface area (Å²) in [6, 6.07) is 0. The average molecular weight is 287 g/mol. The van der Waals surface area contributed by atoms with E-state index < -0.39 is 11.7 Å². The van der Waals surface area contributed by atoms with Crippen molar-refractivity contribution in [1.29, 1.82) is 0 Å². The van der Waals surface area contributed by atoms with Crippen LogP contribution in [-0.2, 0) is 9.47 Å². The molecule has 0 bridgehead atoms. The van der Waals surface area contributed by atoms with Gasteiger partial charge in [0, 0.05) is 25.6 Å². The second-order valence-corrected chi connectivity index (χ2v) is 7.33. The van der Waals surface area contributed by atoms with E-state index in [1.807, 2.05) is 34.6 Å². The van der Waals surface area contributed by atoms with Crippen molar-refractivity contribution in [3.8, 4) is 0 Å². The standard InChI is InChI=1S/C15H29NO4/c1-10-6-16(7-11(9-17)19-10)8-12-13(18)15(4,5)20-14(12,2)3/h10-13,17-18H,6-9H2,1-5H3. The predicted molar refractivity (Wildman–Crippen MR) is 76.6 cm³/mol. The number of nitrogens with zero attached hydrogens (tertiary/aromatic N) is 1. The zero-order valence-electron chi connectivity index (χ0n) is 13.3. The molecule has 2 aliphatic rings. The Labute approximate surface area is 121 Å². The van der Waals surface area contributed by atoms with Gasteiger partial charge in [-0.2, -0.15) is 0 Å². The Morgan fingerprint density at radius 1 is 1.15 bits per heavy atom. The summed E-state index contributed by atoms with van der Waals surface area (Å²) < 4.78 is 11.7. The zero-order chi connectivity index (χ0) is 15.1. The lowest BCUT2D eigenvalue weighted by molar-refractivity contribution is -0.107. The molecule has 5 nitrogen and oxygen atoms in total. The number of hydrogen-bond acceptors (Lipinski definition) is 5. The molecule has 4 atom stereocenters. The van der Waals surface area contributed by atoms with Crippen LogP contribution in [0.1, 0.15) is 34.6 Å². The number of ether oxygens (including phenoxy) is 2. The number of hydrogen-bond donors (Lipinski definition) is 2. The maximum Gasteiger partial charge on any atom is 0.0936 e. The van der Waals surface area contributed by atoms with Gasteiger partial charge in [-0.3, -0.25) is 4.90 Å². The molecule has 2 heterocycles. The Balaban J connectivity index is 2.05.